The molecule has 0 unspecified atom stereocenters. The lowest BCUT2D eigenvalue weighted by atomic mass is 9.93. The molecular formula is C11H13Cl2FSi. The Kier molecular flexibility index (Phi) is 3.38. The summed E-state index contributed by atoms with van der Waals surface area (Å²) in [6, 6.07) is 8.70. The second-order valence-electron chi connectivity index (χ2n) is 4.18. The molecule has 0 aromatic heterocycles. The Balaban J connectivity index is 2.04. The van der Waals surface area contributed by atoms with Crippen molar-refractivity contribution in [3.05, 3.63) is 35.6 Å². The summed E-state index contributed by atoms with van der Waals surface area (Å²) in [6.07, 6.45) is 2.09. The quantitative estimate of drug-likeness (QED) is 0.512. The van der Waals surface area contributed by atoms with Crippen molar-refractivity contribution >= 4 is 28.9 Å². The first-order chi connectivity index (χ1) is 7.07. The zero-order chi connectivity index (χ0) is 10.9. The SMILES string of the molecule is Fc1ccc(C2CC[Si](Cl)(Cl)CC2)cc1. The molecule has 0 atom stereocenters. The molecular weight excluding hydrogens is 250 g/mol. The van der Waals surface area contributed by atoms with Gasteiger partial charge in [-0.2, -0.15) is 0 Å². The minimum atomic E-state index is -1.91. The zero-order valence-corrected chi connectivity index (χ0v) is 10.9. The van der Waals surface area contributed by atoms with Gasteiger partial charge in [-0.1, -0.05) is 12.1 Å². The van der Waals surface area contributed by atoms with Gasteiger partial charge in [-0.3, -0.25) is 0 Å². The highest BCUT2D eigenvalue weighted by Crippen LogP contribution is 2.41. The molecule has 1 aliphatic heterocycles. The van der Waals surface area contributed by atoms with E-state index >= 15 is 0 Å². The van der Waals surface area contributed by atoms with Gasteiger partial charge in [0.25, 0.3) is 6.69 Å². The van der Waals surface area contributed by atoms with Crippen LogP contribution in [0.4, 0.5) is 4.39 Å². The van der Waals surface area contributed by atoms with E-state index in [-0.39, 0.29) is 5.82 Å². The first-order valence-corrected chi connectivity index (χ1v) is 9.64. The Morgan fingerprint density at radius 3 is 2.13 bits per heavy atom. The summed E-state index contributed by atoms with van der Waals surface area (Å²) in [5, 5.41) is 0. The molecule has 0 amide bonds. The molecule has 1 aliphatic rings. The fourth-order valence-corrected chi connectivity index (χ4v) is 5.21. The van der Waals surface area contributed by atoms with Crippen molar-refractivity contribution < 1.29 is 4.39 Å². The van der Waals surface area contributed by atoms with Crippen LogP contribution in [0.2, 0.25) is 12.1 Å². The molecule has 0 spiro atoms. The molecule has 0 radical (unpaired) electrons. The topological polar surface area (TPSA) is 0 Å². The van der Waals surface area contributed by atoms with E-state index in [9.17, 15) is 4.39 Å². The summed E-state index contributed by atoms with van der Waals surface area (Å²) in [5.41, 5.74) is 1.22. The molecule has 0 N–H and O–H groups in total. The fourth-order valence-electron chi connectivity index (χ4n) is 2.11. The molecule has 0 aliphatic carbocycles. The Hall–Kier alpha value is -0.0531. The molecule has 4 heteroatoms. The average Bonchev–Trinajstić information content (AvgIpc) is 2.20. The molecule has 0 nitrogen and oxygen atoms in total. The summed E-state index contributed by atoms with van der Waals surface area (Å²) >= 11 is 12.4. The monoisotopic (exact) mass is 262 g/mol. The van der Waals surface area contributed by atoms with Gasteiger partial charge in [0.1, 0.15) is 5.82 Å². The molecule has 2 rings (SSSR count). The van der Waals surface area contributed by atoms with E-state index in [0.717, 1.165) is 24.9 Å². The minimum Gasteiger partial charge on any atom is -0.207 e. The highest BCUT2D eigenvalue weighted by molar-refractivity contribution is 7.45. The lowest BCUT2D eigenvalue weighted by molar-refractivity contribution is 0.601. The van der Waals surface area contributed by atoms with Crippen LogP contribution in [-0.2, 0) is 0 Å². The van der Waals surface area contributed by atoms with Crippen molar-refractivity contribution in [1.82, 2.24) is 0 Å². The normalized spacial score (nSPS) is 21.5. The van der Waals surface area contributed by atoms with Gasteiger partial charge in [0.05, 0.1) is 0 Å². The van der Waals surface area contributed by atoms with E-state index < -0.39 is 6.69 Å². The molecule has 1 saturated heterocycles. The molecule has 1 aromatic rings. The number of hydrogen-bond acceptors (Lipinski definition) is 0. The van der Waals surface area contributed by atoms with E-state index in [2.05, 4.69) is 0 Å². The first-order valence-electron chi connectivity index (χ1n) is 5.20. The molecule has 0 saturated carbocycles. The second kappa shape index (κ2) is 4.44. The van der Waals surface area contributed by atoms with E-state index in [0.29, 0.717) is 5.92 Å². The van der Waals surface area contributed by atoms with Crippen LogP contribution in [-0.4, -0.2) is 6.69 Å². The Labute approximate surface area is 99.8 Å². The maximum Gasteiger partial charge on any atom is 0.251 e. The molecule has 82 valence electrons. The molecule has 0 bridgehead atoms. The third-order valence-corrected chi connectivity index (χ3v) is 7.37. The van der Waals surface area contributed by atoms with E-state index in [1.54, 1.807) is 0 Å². The highest BCUT2D eigenvalue weighted by atomic mass is 35.7. The van der Waals surface area contributed by atoms with E-state index in [1.165, 1.54) is 17.7 Å². The molecule has 1 heterocycles. The van der Waals surface area contributed by atoms with Crippen LogP contribution < -0.4 is 0 Å². The van der Waals surface area contributed by atoms with Crippen molar-refractivity contribution in [2.75, 3.05) is 0 Å². The predicted molar refractivity (Wildman–Crippen MR) is 65.4 cm³/mol. The Bertz CT molecular complexity index is 327. The van der Waals surface area contributed by atoms with Crippen LogP contribution in [0.25, 0.3) is 0 Å². The Morgan fingerprint density at radius 2 is 1.60 bits per heavy atom. The lowest BCUT2D eigenvalue weighted by Gasteiger charge is -2.28. The van der Waals surface area contributed by atoms with Crippen molar-refractivity contribution in [2.24, 2.45) is 0 Å². The second-order valence-corrected chi connectivity index (χ2v) is 11.8. The fraction of sp³-hybridized carbons (Fsp3) is 0.455. The summed E-state index contributed by atoms with van der Waals surface area (Å²) in [7, 11) is 0. The largest absolute Gasteiger partial charge is 0.251 e. The van der Waals surface area contributed by atoms with Gasteiger partial charge in [-0.05, 0) is 48.5 Å². The molecule has 1 fully saturated rings. The maximum absolute atomic E-state index is 12.7. The number of benzene rings is 1. The van der Waals surface area contributed by atoms with Crippen molar-refractivity contribution in [3.8, 4) is 0 Å². The standard InChI is InChI=1S/C11H13Cl2FSi/c12-15(13)7-5-10(6-8-15)9-1-3-11(14)4-2-9/h1-4,10H,5-8H2. The van der Waals surface area contributed by atoms with Crippen LogP contribution in [0.3, 0.4) is 0 Å². The van der Waals surface area contributed by atoms with Crippen LogP contribution in [0.5, 0.6) is 0 Å². The smallest absolute Gasteiger partial charge is 0.207 e. The van der Waals surface area contributed by atoms with Gasteiger partial charge >= 0.3 is 0 Å². The van der Waals surface area contributed by atoms with Crippen molar-refractivity contribution in [1.29, 1.82) is 0 Å². The van der Waals surface area contributed by atoms with Gasteiger partial charge in [0.15, 0.2) is 0 Å². The lowest BCUT2D eigenvalue weighted by Crippen LogP contribution is -2.25. The molecule has 1 aromatic carbocycles. The van der Waals surface area contributed by atoms with Gasteiger partial charge < -0.3 is 0 Å². The predicted octanol–water partition coefficient (Wildman–Crippen LogP) is 4.62. The third-order valence-electron chi connectivity index (χ3n) is 3.06. The summed E-state index contributed by atoms with van der Waals surface area (Å²) in [4.78, 5) is 0. The van der Waals surface area contributed by atoms with Gasteiger partial charge in [-0.25, -0.2) is 4.39 Å². The summed E-state index contributed by atoms with van der Waals surface area (Å²) < 4.78 is 12.7. The van der Waals surface area contributed by atoms with E-state index in [4.69, 9.17) is 22.2 Å². The number of halogens is 3. The summed E-state index contributed by atoms with van der Waals surface area (Å²) in [6.45, 7) is -1.91. The zero-order valence-electron chi connectivity index (χ0n) is 8.35. The maximum atomic E-state index is 12.7. The van der Waals surface area contributed by atoms with Crippen LogP contribution >= 0.6 is 22.2 Å². The third kappa shape index (κ3) is 2.96. The van der Waals surface area contributed by atoms with Crippen LogP contribution in [0, 0.1) is 5.82 Å². The van der Waals surface area contributed by atoms with Gasteiger partial charge in [0.2, 0.25) is 0 Å². The average molecular weight is 263 g/mol. The number of hydrogen-bond donors (Lipinski definition) is 0. The Morgan fingerprint density at radius 1 is 1.07 bits per heavy atom. The van der Waals surface area contributed by atoms with Crippen LogP contribution in [0.1, 0.15) is 24.3 Å². The van der Waals surface area contributed by atoms with Gasteiger partial charge in [0, 0.05) is 0 Å². The molecule has 15 heavy (non-hydrogen) atoms. The first kappa shape index (κ1) is 11.4. The summed E-state index contributed by atoms with van der Waals surface area (Å²) in [5.74, 6) is 0.344. The highest BCUT2D eigenvalue weighted by Gasteiger charge is 2.34. The van der Waals surface area contributed by atoms with E-state index in [1.807, 2.05) is 12.1 Å². The van der Waals surface area contributed by atoms with Crippen LogP contribution in [0.15, 0.2) is 24.3 Å². The van der Waals surface area contributed by atoms with Gasteiger partial charge in [-0.15, -0.1) is 22.2 Å². The van der Waals surface area contributed by atoms with Crippen molar-refractivity contribution in [2.45, 2.75) is 30.8 Å². The minimum absolute atomic E-state index is 0.173. The number of rotatable bonds is 1. The van der Waals surface area contributed by atoms with Crippen molar-refractivity contribution in [3.63, 3.8) is 0 Å².